The standard InChI is InChI=1S/C32H43N7O7S/c1-5-12-39(13-15-40)14-19-47(42,43)29-21-27(44-3)26(20-28(29)45-4)37-38-30-23(2)25(22-33)31(35-24-9-7-6-8-10-24)36-32(30)34-11-17-46-18-16-41/h6-10,20-21,40-41H,5,11-19H2,1-4H3,(H2,34,35,36)/b38-37+. The first-order chi connectivity index (χ1) is 22.7. The number of rotatable bonds is 20. The number of hydrogen-bond acceptors (Lipinski definition) is 14. The number of nitriles is 1. The minimum Gasteiger partial charge on any atom is -0.495 e. The van der Waals surface area contributed by atoms with Crippen LogP contribution in [0.25, 0.3) is 0 Å². The van der Waals surface area contributed by atoms with E-state index in [0.29, 0.717) is 36.8 Å². The van der Waals surface area contributed by atoms with Crippen LogP contribution in [-0.4, -0.2) is 101 Å². The minimum atomic E-state index is -3.81. The van der Waals surface area contributed by atoms with Crippen LogP contribution >= 0.6 is 0 Å². The van der Waals surface area contributed by atoms with Crippen molar-refractivity contribution in [2.24, 2.45) is 10.2 Å². The van der Waals surface area contributed by atoms with Gasteiger partial charge in [-0.25, -0.2) is 13.4 Å². The lowest BCUT2D eigenvalue weighted by molar-refractivity contribution is 0.0992. The second-order valence-electron chi connectivity index (χ2n) is 10.3. The Balaban J connectivity index is 2.03. The third-order valence-electron chi connectivity index (χ3n) is 7.03. The topological polar surface area (TPSA) is 191 Å². The fourth-order valence-electron chi connectivity index (χ4n) is 4.66. The average Bonchev–Trinajstić information content (AvgIpc) is 3.07. The van der Waals surface area contributed by atoms with Crippen molar-refractivity contribution in [2.75, 3.05) is 83.2 Å². The van der Waals surface area contributed by atoms with Crippen LogP contribution in [0.4, 0.5) is 28.7 Å². The second kappa shape index (κ2) is 18.7. The molecule has 0 saturated heterocycles. The Labute approximate surface area is 275 Å². The highest BCUT2D eigenvalue weighted by Gasteiger charge is 2.24. The molecule has 1 heterocycles. The van der Waals surface area contributed by atoms with Crippen LogP contribution in [0.15, 0.2) is 57.6 Å². The summed E-state index contributed by atoms with van der Waals surface area (Å²) in [6.07, 6.45) is 0.822. The van der Waals surface area contributed by atoms with Crippen molar-refractivity contribution >= 4 is 38.5 Å². The van der Waals surface area contributed by atoms with Crippen LogP contribution in [0.2, 0.25) is 0 Å². The molecule has 14 nitrogen and oxygen atoms in total. The molecular formula is C32H43N7O7S. The number of ether oxygens (including phenoxy) is 3. The highest BCUT2D eigenvalue weighted by atomic mass is 32.2. The minimum absolute atomic E-state index is 0.0533. The van der Waals surface area contributed by atoms with Gasteiger partial charge in [-0.3, -0.25) is 0 Å². The molecule has 0 aliphatic rings. The molecule has 0 radical (unpaired) electrons. The van der Waals surface area contributed by atoms with E-state index in [0.717, 1.165) is 12.1 Å². The van der Waals surface area contributed by atoms with E-state index in [1.54, 1.807) is 6.92 Å². The fraction of sp³-hybridized carbons (Fsp3) is 0.438. The number of aromatic nitrogens is 1. The van der Waals surface area contributed by atoms with Gasteiger partial charge in [-0.15, -0.1) is 10.2 Å². The van der Waals surface area contributed by atoms with Crippen LogP contribution < -0.4 is 20.1 Å². The zero-order valence-corrected chi connectivity index (χ0v) is 28.0. The average molecular weight is 670 g/mol. The van der Waals surface area contributed by atoms with Crippen molar-refractivity contribution in [1.29, 1.82) is 5.26 Å². The van der Waals surface area contributed by atoms with E-state index in [-0.39, 0.29) is 72.1 Å². The molecule has 0 saturated carbocycles. The number of nitrogens with one attached hydrogen (secondary N) is 2. The summed E-state index contributed by atoms with van der Waals surface area (Å²) in [6.45, 7) is 5.60. The maximum absolute atomic E-state index is 13.4. The van der Waals surface area contributed by atoms with Gasteiger partial charge in [0.1, 0.15) is 33.8 Å². The molecule has 3 aromatic rings. The molecule has 0 aliphatic carbocycles. The Morgan fingerprint density at radius 3 is 2.36 bits per heavy atom. The van der Waals surface area contributed by atoms with E-state index >= 15 is 0 Å². The first kappa shape index (κ1) is 37.1. The van der Waals surface area contributed by atoms with E-state index < -0.39 is 9.84 Å². The number of nitrogens with zero attached hydrogens (tertiary/aromatic N) is 5. The zero-order valence-electron chi connectivity index (χ0n) is 27.2. The van der Waals surface area contributed by atoms with Gasteiger partial charge in [-0.05, 0) is 32.0 Å². The molecule has 2 aromatic carbocycles. The summed E-state index contributed by atoms with van der Waals surface area (Å²) in [5.74, 6) is 0.669. The number of para-hydroxylation sites is 1. The maximum atomic E-state index is 13.4. The molecule has 4 N–H and O–H groups in total. The van der Waals surface area contributed by atoms with Crippen LogP contribution in [0.3, 0.4) is 0 Å². The third-order valence-corrected chi connectivity index (χ3v) is 8.74. The predicted octanol–water partition coefficient (Wildman–Crippen LogP) is 4.34. The van der Waals surface area contributed by atoms with Gasteiger partial charge in [-0.1, -0.05) is 25.1 Å². The van der Waals surface area contributed by atoms with Crippen molar-refractivity contribution in [2.45, 2.75) is 25.2 Å². The predicted molar refractivity (Wildman–Crippen MR) is 179 cm³/mol. The van der Waals surface area contributed by atoms with Crippen molar-refractivity contribution in [3.8, 4) is 17.6 Å². The van der Waals surface area contributed by atoms with E-state index in [4.69, 9.17) is 19.3 Å². The second-order valence-corrected chi connectivity index (χ2v) is 12.4. The third kappa shape index (κ3) is 10.3. The first-order valence-corrected chi connectivity index (χ1v) is 16.8. The molecule has 1 aromatic heterocycles. The van der Waals surface area contributed by atoms with Crippen molar-refractivity contribution in [1.82, 2.24) is 9.88 Å². The number of aliphatic hydroxyl groups is 2. The summed E-state index contributed by atoms with van der Waals surface area (Å²) in [6, 6.07) is 14.3. The molecule has 0 atom stereocenters. The monoisotopic (exact) mass is 669 g/mol. The van der Waals surface area contributed by atoms with E-state index in [2.05, 4.69) is 31.9 Å². The molecule has 0 aliphatic heterocycles. The van der Waals surface area contributed by atoms with Gasteiger partial charge in [0.2, 0.25) is 0 Å². The molecule has 0 bridgehead atoms. The largest absolute Gasteiger partial charge is 0.495 e. The van der Waals surface area contributed by atoms with Crippen LogP contribution in [-0.2, 0) is 14.6 Å². The molecule has 0 spiro atoms. The summed E-state index contributed by atoms with van der Waals surface area (Å²) in [5, 5.41) is 43.6. The first-order valence-electron chi connectivity index (χ1n) is 15.2. The zero-order chi connectivity index (χ0) is 34.2. The molecule has 3 rings (SSSR count). The Morgan fingerprint density at radius 1 is 0.979 bits per heavy atom. The smallest absolute Gasteiger partial charge is 0.183 e. The molecule has 47 heavy (non-hydrogen) atoms. The SMILES string of the molecule is CCCN(CCO)CCS(=O)(=O)c1cc(OC)c(/N=N/c2c(NCCOCCO)nc(Nc3ccccc3)c(C#N)c2C)cc1OC. The number of anilines is 3. The quantitative estimate of drug-likeness (QED) is 0.0985. The van der Waals surface area contributed by atoms with Gasteiger partial charge in [0, 0.05) is 43.0 Å². The Bertz CT molecular complexity index is 1630. The lowest BCUT2D eigenvalue weighted by atomic mass is 10.1. The molecule has 0 fully saturated rings. The number of sulfone groups is 1. The van der Waals surface area contributed by atoms with Crippen molar-refractivity contribution in [3.63, 3.8) is 0 Å². The molecule has 0 unspecified atom stereocenters. The number of benzene rings is 2. The summed E-state index contributed by atoms with van der Waals surface area (Å²) >= 11 is 0. The number of methoxy groups -OCH3 is 2. The van der Waals surface area contributed by atoms with Gasteiger partial charge in [0.25, 0.3) is 0 Å². The number of hydrogen-bond donors (Lipinski definition) is 4. The summed E-state index contributed by atoms with van der Waals surface area (Å²) in [5.41, 5.74) is 1.96. The number of pyridine rings is 1. The number of azo groups is 1. The normalized spacial score (nSPS) is 11.5. The molecule has 0 amide bonds. The highest BCUT2D eigenvalue weighted by Crippen LogP contribution is 2.40. The summed E-state index contributed by atoms with van der Waals surface area (Å²) in [7, 11) is -1.05. The highest BCUT2D eigenvalue weighted by molar-refractivity contribution is 7.91. The molecule has 254 valence electrons. The van der Waals surface area contributed by atoms with Gasteiger partial charge < -0.3 is 40.0 Å². The van der Waals surface area contributed by atoms with Crippen LogP contribution in [0.1, 0.15) is 24.5 Å². The molecular weight excluding hydrogens is 626 g/mol. The summed E-state index contributed by atoms with van der Waals surface area (Å²) in [4.78, 5) is 6.49. The molecule has 15 heteroatoms. The van der Waals surface area contributed by atoms with Crippen molar-refractivity contribution < 1.29 is 32.8 Å². The lowest BCUT2D eigenvalue weighted by Crippen LogP contribution is -2.32. The van der Waals surface area contributed by atoms with E-state index in [1.165, 1.54) is 26.4 Å². The van der Waals surface area contributed by atoms with Gasteiger partial charge >= 0.3 is 0 Å². The Morgan fingerprint density at radius 2 is 1.72 bits per heavy atom. The van der Waals surface area contributed by atoms with Gasteiger partial charge in [0.05, 0.1) is 52.0 Å². The lowest BCUT2D eigenvalue weighted by Gasteiger charge is -2.21. The maximum Gasteiger partial charge on any atom is 0.183 e. The fourth-order valence-corrected chi connectivity index (χ4v) is 6.12. The van der Waals surface area contributed by atoms with Gasteiger partial charge in [-0.2, -0.15) is 5.26 Å². The van der Waals surface area contributed by atoms with Crippen LogP contribution in [0.5, 0.6) is 11.5 Å². The Hall–Kier alpha value is -4.33. The van der Waals surface area contributed by atoms with E-state index in [1.807, 2.05) is 42.2 Å². The van der Waals surface area contributed by atoms with E-state index in [9.17, 15) is 18.8 Å². The van der Waals surface area contributed by atoms with Crippen molar-refractivity contribution in [3.05, 3.63) is 53.6 Å². The Kier molecular flexibility index (Phi) is 14.8. The number of aliphatic hydroxyl groups excluding tert-OH is 2. The summed E-state index contributed by atoms with van der Waals surface area (Å²) < 4.78 is 43.2. The van der Waals surface area contributed by atoms with Gasteiger partial charge in [0.15, 0.2) is 21.5 Å². The van der Waals surface area contributed by atoms with Crippen LogP contribution in [0, 0.1) is 18.3 Å².